The summed E-state index contributed by atoms with van der Waals surface area (Å²) in [7, 11) is 0. The molecule has 2 aliphatic heterocycles. The third-order valence-corrected chi connectivity index (χ3v) is 7.14. The Balaban J connectivity index is 1.26. The lowest BCUT2D eigenvalue weighted by Gasteiger charge is -2.25. The highest BCUT2D eigenvalue weighted by Crippen LogP contribution is 2.38. The summed E-state index contributed by atoms with van der Waals surface area (Å²) in [5.74, 6) is 2.35. The molecule has 152 valence electrons. The van der Waals surface area contributed by atoms with E-state index in [0.717, 1.165) is 42.9 Å². The van der Waals surface area contributed by atoms with Crippen molar-refractivity contribution in [1.82, 2.24) is 4.90 Å². The number of amides is 1. The number of hydrogen-bond donors (Lipinski definition) is 0. The van der Waals surface area contributed by atoms with Crippen LogP contribution in [-0.2, 0) is 17.6 Å². The summed E-state index contributed by atoms with van der Waals surface area (Å²) in [6, 6.07) is 13.0. The van der Waals surface area contributed by atoms with Crippen LogP contribution in [0.15, 0.2) is 41.3 Å². The van der Waals surface area contributed by atoms with Crippen LogP contribution in [0.5, 0.6) is 11.5 Å². The first-order valence-electron chi connectivity index (χ1n) is 10.7. The minimum atomic E-state index is 0.139. The number of hydrogen-bond acceptors (Lipinski definition) is 4. The van der Waals surface area contributed by atoms with E-state index in [-0.39, 0.29) is 11.9 Å². The Morgan fingerprint density at radius 3 is 2.76 bits per heavy atom. The molecule has 0 bridgehead atoms. The monoisotopic (exact) mass is 409 g/mol. The number of fused-ring (bicyclic) bond motifs is 2. The Labute approximate surface area is 176 Å². The Morgan fingerprint density at radius 2 is 1.83 bits per heavy atom. The fraction of sp³-hybridized carbons (Fsp3) is 0.458. The number of ether oxygens (including phenoxy) is 2. The molecule has 0 unspecified atom stereocenters. The molecule has 1 saturated heterocycles. The number of nitrogens with zero attached hydrogens (tertiary/aromatic N) is 1. The van der Waals surface area contributed by atoms with Crippen LogP contribution >= 0.6 is 11.8 Å². The number of aryl methyl sites for hydroxylation is 2. The SMILES string of the molecule is O=C(CSc1ccc2c(c1)CCC2)N1CCC[C@@H]1c1ccc2c(c1)OCCCO2. The molecule has 2 aromatic rings. The first-order chi connectivity index (χ1) is 14.3. The highest BCUT2D eigenvalue weighted by Gasteiger charge is 2.30. The zero-order chi connectivity index (χ0) is 19.6. The highest BCUT2D eigenvalue weighted by molar-refractivity contribution is 8.00. The van der Waals surface area contributed by atoms with Gasteiger partial charge in [-0.3, -0.25) is 4.79 Å². The zero-order valence-electron chi connectivity index (χ0n) is 16.7. The van der Waals surface area contributed by atoms with Gasteiger partial charge in [0.2, 0.25) is 5.91 Å². The fourth-order valence-corrected chi connectivity index (χ4v) is 5.51. The lowest BCUT2D eigenvalue weighted by atomic mass is 10.0. The molecule has 1 atom stereocenters. The molecule has 1 aliphatic carbocycles. The van der Waals surface area contributed by atoms with Crippen molar-refractivity contribution in [3.63, 3.8) is 0 Å². The molecule has 3 aliphatic rings. The van der Waals surface area contributed by atoms with Gasteiger partial charge < -0.3 is 14.4 Å². The Hall–Kier alpha value is -2.14. The molecule has 29 heavy (non-hydrogen) atoms. The van der Waals surface area contributed by atoms with Crippen molar-refractivity contribution in [2.75, 3.05) is 25.5 Å². The average Bonchev–Trinajstić information content (AvgIpc) is 3.36. The second-order valence-electron chi connectivity index (χ2n) is 8.07. The van der Waals surface area contributed by atoms with E-state index in [2.05, 4.69) is 35.2 Å². The predicted octanol–water partition coefficient (Wildman–Crippen LogP) is 4.79. The Kier molecular flexibility index (Phi) is 5.40. The second kappa shape index (κ2) is 8.31. The molecular weight excluding hydrogens is 382 g/mol. The molecule has 5 rings (SSSR count). The van der Waals surface area contributed by atoms with Gasteiger partial charge in [0.25, 0.3) is 0 Å². The standard InChI is InChI=1S/C24H27NO3S/c26-24(16-29-20-9-7-17-4-1-5-18(17)14-20)25-11-2-6-21(25)19-8-10-22-23(15-19)28-13-3-12-27-22/h7-10,14-15,21H,1-6,11-13,16H2/t21-/m1/s1. The summed E-state index contributed by atoms with van der Waals surface area (Å²) in [5.41, 5.74) is 4.10. The summed E-state index contributed by atoms with van der Waals surface area (Å²) in [6.45, 7) is 2.21. The number of rotatable bonds is 4. The van der Waals surface area contributed by atoms with Crippen molar-refractivity contribution in [2.45, 2.75) is 49.5 Å². The fourth-order valence-electron chi connectivity index (χ4n) is 4.66. The summed E-state index contributed by atoms with van der Waals surface area (Å²) < 4.78 is 11.6. The molecule has 2 aromatic carbocycles. The van der Waals surface area contributed by atoms with Crippen LogP contribution in [0.2, 0.25) is 0 Å². The molecule has 5 heteroatoms. The molecule has 1 amide bonds. The molecule has 0 N–H and O–H groups in total. The van der Waals surface area contributed by atoms with Gasteiger partial charge >= 0.3 is 0 Å². The van der Waals surface area contributed by atoms with E-state index in [1.54, 1.807) is 11.8 Å². The van der Waals surface area contributed by atoms with E-state index in [1.807, 2.05) is 6.07 Å². The smallest absolute Gasteiger partial charge is 0.233 e. The van der Waals surface area contributed by atoms with E-state index in [1.165, 1.54) is 35.3 Å². The van der Waals surface area contributed by atoms with Crippen LogP contribution in [-0.4, -0.2) is 36.3 Å². The third-order valence-electron chi connectivity index (χ3n) is 6.16. The van der Waals surface area contributed by atoms with Gasteiger partial charge in [-0.2, -0.15) is 0 Å². The second-order valence-corrected chi connectivity index (χ2v) is 9.12. The molecule has 0 radical (unpaired) electrons. The van der Waals surface area contributed by atoms with Crippen molar-refractivity contribution >= 4 is 17.7 Å². The molecule has 0 saturated carbocycles. The molecule has 1 fully saturated rings. The maximum atomic E-state index is 13.0. The topological polar surface area (TPSA) is 38.8 Å². The third kappa shape index (κ3) is 3.97. The van der Waals surface area contributed by atoms with E-state index in [0.29, 0.717) is 19.0 Å². The first-order valence-corrected chi connectivity index (χ1v) is 11.7. The number of likely N-dealkylation sites (tertiary alicyclic amines) is 1. The summed E-state index contributed by atoms with van der Waals surface area (Å²) in [6.07, 6.45) is 6.59. The largest absolute Gasteiger partial charge is 0.490 e. The van der Waals surface area contributed by atoms with Crippen molar-refractivity contribution in [1.29, 1.82) is 0 Å². The van der Waals surface area contributed by atoms with Gasteiger partial charge in [0.15, 0.2) is 11.5 Å². The maximum absolute atomic E-state index is 13.0. The molecule has 0 spiro atoms. The van der Waals surface area contributed by atoms with Crippen LogP contribution < -0.4 is 9.47 Å². The van der Waals surface area contributed by atoms with Crippen molar-refractivity contribution in [2.24, 2.45) is 0 Å². The van der Waals surface area contributed by atoms with E-state index >= 15 is 0 Å². The molecule has 4 nitrogen and oxygen atoms in total. The van der Waals surface area contributed by atoms with Crippen LogP contribution in [0.25, 0.3) is 0 Å². The number of benzene rings is 2. The number of carbonyl (C=O) groups is 1. The number of thioether (sulfide) groups is 1. The Bertz CT molecular complexity index is 913. The van der Waals surface area contributed by atoms with Crippen LogP contribution in [0, 0.1) is 0 Å². The minimum absolute atomic E-state index is 0.139. The van der Waals surface area contributed by atoms with E-state index < -0.39 is 0 Å². The summed E-state index contributed by atoms with van der Waals surface area (Å²) >= 11 is 1.67. The lowest BCUT2D eigenvalue weighted by molar-refractivity contribution is -0.129. The first kappa shape index (κ1) is 18.9. The van der Waals surface area contributed by atoms with E-state index in [4.69, 9.17) is 9.47 Å². The van der Waals surface area contributed by atoms with Crippen molar-refractivity contribution < 1.29 is 14.3 Å². The van der Waals surface area contributed by atoms with Gasteiger partial charge in [-0.05, 0) is 73.1 Å². The average molecular weight is 410 g/mol. The minimum Gasteiger partial charge on any atom is -0.490 e. The quantitative estimate of drug-likeness (QED) is 0.681. The maximum Gasteiger partial charge on any atom is 0.233 e. The number of carbonyl (C=O) groups excluding carboxylic acids is 1. The summed E-state index contributed by atoms with van der Waals surface area (Å²) in [4.78, 5) is 16.3. The molecular formula is C24H27NO3S. The van der Waals surface area contributed by atoms with Crippen LogP contribution in [0.4, 0.5) is 0 Å². The van der Waals surface area contributed by atoms with Crippen LogP contribution in [0.1, 0.15) is 48.4 Å². The predicted molar refractivity (Wildman–Crippen MR) is 115 cm³/mol. The van der Waals surface area contributed by atoms with Crippen molar-refractivity contribution in [3.8, 4) is 11.5 Å². The van der Waals surface area contributed by atoms with Crippen LogP contribution in [0.3, 0.4) is 0 Å². The summed E-state index contributed by atoms with van der Waals surface area (Å²) in [5, 5.41) is 0. The van der Waals surface area contributed by atoms with Gasteiger partial charge in [0, 0.05) is 17.9 Å². The van der Waals surface area contributed by atoms with Gasteiger partial charge in [0.05, 0.1) is 25.0 Å². The van der Waals surface area contributed by atoms with E-state index in [9.17, 15) is 4.79 Å². The molecule has 2 heterocycles. The molecule has 0 aromatic heterocycles. The van der Waals surface area contributed by atoms with Crippen molar-refractivity contribution in [3.05, 3.63) is 53.1 Å². The van der Waals surface area contributed by atoms with Gasteiger partial charge in [-0.15, -0.1) is 11.8 Å². The highest BCUT2D eigenvalue weighted by atomic mass is 32.2. The normalized spacial score (nSPS) is 20.4. The Morgan fingerprint density at radius 1 is 0.966 bits per heavy atom. The van der Waals surface area contributed by atoms with Gasteiger partial charge in [-0.25, -0.2) is 0 Å². The van der Waals surface area contributed by atoms with Gasteiger partial charge in [0.1, 0.15) is 0 Å². The zero-order valence-corrected chi connectivity index (χ0v) is 17.5. The van der Waals surface area contributed by atoms with Gasteiger partial charge in [-0.1, -0.05) is 12.1 Å². The lowest BCUT2D eigenvalue weighted by Crippen LogP contribution is -2.32.